The maximum Gasteiger partial charge on any atom is 0.184 e. The van der Waals surface area contributed by atoms with E-state index in [1.54, 1.807) is 6.92 Å². The van der Waals surface area contributed by atoms with Crippen LogP contribution in [0.25, 0.3) is 0 Å². The van der Waals surface area contributed by atoms with Crippen LogP contribution in [0.3, 0.4) is 0 Å². The van der Waals surface area contributed by atoms with Crippen LogP contribution in [0.5, 0.6) is 0 Å². The van der Waals surface area contributed by atoms with E-state index in [0.717, 1.165) is 12.0 Å². The molecule has 0 aromatic rings. The van der Waals surface area contributed by atoms with Crippen LogP contribution in [0.15, 0.2) is 12.2 Å². The molecule has 114 valence electrons. The Hall–Kier alpha value is -0.820. The van der Waals surface area contributed by atoms with Gasteiger partial charge in [0.25, 0.3) is 0 Å². The monoisotopic (exact) mass is 280 g/mol. The van der Waals surface area contributed by atoms with Crippen molar-refractivity contribution in [3.63, 3.8) is 0 Å². The number of aliphatic hydroxyl groups is 1. The van der Waals surface area contributed by atoms with Gasteiger partial charge in [0.1, 0.15) is 11.7 Å². The second-order valence-corrected chi connectivity index (χ2v) is 5.57. The van der Waals surface area contributed by atoms with Gasteiger partial charge in [-0.25, -0.2) is 0 Å². The SMILES string of the molecule is C=C(C)C1(OCC)CCC(C)C(OCC)C1(O)C#CC. The standard InChI is InChI=1S/C17H28O3/c1-7-11-16(18)15(19-8-2)14(6)10-12-17(16,13(4)5)20-9-3/h14-15,18H,4,8-10,12H2,1-3,5-6H3. The fourth-order valence-corrected chi connectivity index (χ4v) is 3.33. The Morgan fingerprint density at radius 2 is 2.05 bits per heavy atom. The summed E-state index contributed by atoms with van der Waals surface area (Å²) in [4.78, 5) is 0. The van der Waals surface area contributed by atoms with E-state index in [1.807, 2.05) is 20.8 Å². The highest BCUT2D eigenvalue weighted by atomic mass is 16.5. The molecule has 1 fully saturated rings. The topological polar surface area (TPSA) is 38.7 Å². The minimum Gasteiger partial charge on any atom is -0.374 e. The highest BCUT2D eigenvalue weighted by molar-refractivity contribution is 5.35. The lowest BCUT2D eigenvalue weighted by molar-refractivity contribution is -0.222. The van der Waals surface area contributed by atoms with E-state index in [4.69, 9.17) is 9.47 Å². The molecule has 0 saturated heterocycles. The highest BCUT2D eigenvalue weighted by Gasteiger charge is 2.60. The Morgan fingerprint density at radius 3 is 2.50 bits per heavy atom. The van der Waals surface area contributed by atoms with Gasteiger partial charge >= 0.3 is 0 Å². The summed E-state index contributed by atoms with van der Waals surface area (Å²) in [5, 5.41) is 11.4. The smallest absolute Gasteiger partial charge is 0.184 e. The molecular formula is C17H28O3. The first kappa shape index (κ1) is 17.2. The summed E-state index contributed by atoms with van der Waals surface area (Å²) in [5.74, 6) is 6.06. The normalized spacial score (nSPS) is 37.1. The van der Waals surface area contributed by atoms with Gasteiger partial charge in [-0.15, -0.1) is 5.92 Å². The van der Waals surface area contributed by atoms with Gasteiger partial charge in [0, 0.05) is 13.2 Å². The predicted octanol–water partition coefficient (Wildman–Crippen LogP) is 2.93. The Morgan fingerprint density at radius 1 is 1.40 bits per heavy atom. The average molecular weight is 280 g/mol. The number of ether oxygens (including phenoxy) is 2. The molecule has 0 bridgehead atoms. The minimum absolute atomic E-state index is 0.230. The van der Waals surface area contributed by atoms with Crippen molar-refractivity contribution >= 4 is 0 Å². The number of hydrogen-bond acceptors (Lipinski definition) is 3. The first-order valence-electron chi connectivity index (χ1n) is 7.47. The largest absolute Gasteiger partial charge is 0.374 e. The van der Waals surface area contributed by atoms with E-state index in [-0.39, 0.29) is 12.0 Å². The van der Waals surface area contributed by atoms with E-state index in [9.17, 15) is 5.11 Å². The van der Waals surface area contributed by atoms with E-state index < -0.39 is 11.2 Å². The van der Waals surface area contributed by atoms with Crippen molar-refractivity contribution in [1.82, 2.24) is 0 Å². The Kier molecular flexibility index (Phi) is 5.82. The Labute approximate surface area is 123 Å². The van der Waals surface area contributed by atoms with E-state index in [1.165, 1.54) is 0 Å². The molecule has 3 heteroatoms. The van der Waals surface area contributed by atoms with E-state index >= 15 is 0 Å². The molecular weight excluding hydrogens is 252 g/mol. The van der Waals surface area contributed by atoms with Gasteiger partial charge in [-0.05, 0) is 52.0 Å². The zero-order valence-electron chi connectivity index (χ0n) is 13.5. The van der Waals surface area contributed by atoms with Crippen LogP contribution in [-0.4, -0.2) is 35.6 Å². The molecule has 0 aliphatic heterocycles. The molecule has 1 rings (SSSR count). The molecule has 4 atom stereocenters. The van der Waals surface area contributed by atoms with Crippen LogP contribution >= 0.6 is 0 Å². The predicted molar refractivity (Wildman–Crippen MR) is 81.4 cm³/mol. The molecule has 3 nitrogen and oxygen atoms in total. The molecule has 0 radical (unpaired) electrons. The van der Waals surface area contributed by atoms with Crippen molar-refractivity contribution < 1.29 is 14.6 Å². The first-order chi connectivity index (χ1) is 9.39. The number of rotatable bonds is 5. The molecule has 1 aliphatic carbocycles. The number of hydrogen-bond donors (Lipinski definition) is 1. The second kappa shape index (κ2) is 6.76. The molecule has 1 aliphatic rings. The van der Waals surface area contributed by atoms with Crippen molar-refractivity contribution in [2.24, 2.45) is 5.92 Å². The van der Waals surface area contributed by atoms with Gasteiger partial charge in [-0.3, -0.25) is 0 Å². The first-order valence-corrected chi connectivity index (χ1v) is 7.47. The lowest BCUT2D eigenvalue weighted by Crippen LogP contribution is -2.67. The van der Waals surface area contributed by atoms with Crippen molar-refractivity contribution in [3.05, 3.63) is 12.2 Å². The molecule has 1 N–H and O–H groups in total. The zero-order chi connectivity index (χ0) is 15.4. The quantitative estimate of drug-likeness (QED) is 0.621. The van der Waals surface area contributed by atoms with Crippen molar-refractivity contribution in [3.8, 4) is 11.8 Å². The molecule has 0 spiro atoms. The maximum absolute atomic E-state index is 11.4. The summed E-state index contributed by atoms with van der Waals surface area (Å²) in [6, 6.07) is 0. The lowest BCUT2D eigenvalue weighted by Gasteiger charge is -2.53. The van der Waals surface area contributed by atoms with Gasteiger partial charge < -0.3 is 14.6 Å². The van der Waals surface area contributed by atoms with Crippen LogP contribution in [-0.2, 0) is 9.47 Å². The van der Waals surface area contributed by atoms with Gasteiger partial charge in [-0.1, -0.05) is 19.4 Å². The maximum atomic E-state index is 11.4. The highest BCUT2D eigenvalue weighted by Crippen LogP contribution is 2.47. The summed E-state index contributed by atoms with van der Waals surface area (Å²) in [6.07, 6.45) is 1.27. The summed E-state index contributed by atoms with van der Waals surface area (Å²) in [7, 11) is 0. The van der Waals surface area contributed by atoms with Crippen LogP contribution in [0.4, 0.5) is 0 Å². The Bertz CT molecular complexity index is 406. The van der Waals surface area contributed by atoms with E-state index in [2.05, 4.69) is 25.3 Å². The van der Waals surface area contributed by atoms with Crippen LogP contribution in [0, 0.1) is 17.8 Å². The molecule has 0 aromatic heterocycles. The van der Waals surface area contributed by atoms with Crippen LogP contribution < -0.4 is 0 Å². The fraction of sp³-hybridized carbons (Fsp3) is 0.765. The fourth-order valence-electron chi connectivity index (χ4n) is 3.33. The van der Waals surface area contributed by atoms with Crippen molar-refractivity contribution in [2.45, 2.75) is 64.8 Å². The summed E-state index contributed by atoms with van der Waals surface area (Å²) in [5.41, 5.74) is -1.39. The average Bonchev–Trinajstić information content (AvgIpc) is 2.38. The zero-order valence-corrected chi connectivity index (χ0v) is 13.5. The third-order valence-corrected chi connectivity index (χ3v) is 4.24. The lowest BCUT2D eigenvalue weighted by atomic mass is 9.63. The summed E-state index contributed by atoms with van der Waals surface area (Å²) in [6.45, 7) is 14.7. The summed E-state index contributed by atoms with van der Waals surface area (Å²) < 4.78 is 11.8. The molecule has 0 heterocycles. The molecule has 0 amide bonds. The molecule has 20 heavy (non-hydrogen) atoms. The third-order valence-electron chi connectivity index (χ3n) is 4.24. The molecule has 1 saturated carbocycles. The van der Waals surface area contributed by atoms with Gasteiger partial charge in [0.2, 0.25) is 0 Å². The van der Waals surface area contributed by atoms with Gasteiger partial charge in [0.05, 0.1) is 0 Å². The minimum atomic E-state index is -1.35. The second-order valence-electron chi connectivity index (χ2n) is 5.57. The summed E-state index contributed by atoms with van der Waals surface area (Å²) >= 11 is 0. The van der Waals surface area contributed by atoms with Crippen molar-refractivity contribution in [1.29, 1.82) is 0 Å². The van der Waals surface area contributed by atoms with Crippen LogP contribution in [0.2, 0.25) is 0 Å². The van der Waals surface area contributed by atoms with Crippen LogP contribution in [0.1, 0.15) is 47.5 Å². The van der Waals surface area contributed by atoms with Gasteiger partial charge in [0.15, 0.2) is 5.60 Å². The van der Waals surface area contributed by atoms with Gasteiger partial charge in [-0.2, -0.15) is 0 Å². The van der Waals surface area contributed by atoms with Crippen molar-refractivity contribution in [2.75, 3.05) is 13.2 Å². The molecule has 4 unspecified atom stereocenters. The Balaban J connectivity index is 3.39. The van der Waals surface area contributed by atoms with E-state index in [0.29, 0.717) is 19.6 Å². The third kappa shape index (κ3) is 2.65. The molecule has 0 aromatic carbocycles.